The van der Waals surface area contributed by atoms with Gasteiger partial charge in [0.15, 0.2) is 0 Å². The predicted octanol–water partition coefficient (Wildman–Crippen LogP) is 6.22. The Morgan fingerprint density at radius 2 is 1.46 bits per heavy atom. The van der Waals surface area contributed by atoms with Gasteiger partial charge >= 0.3 is 7.12 Å². The van der Waals surface area contributed by atoms with Gasteiger partial charge < -0.3 is 19.6 Å². The molecule has 192 valence electrons. The molecular weight excluding hydrogens is 457 g/mol. The first-order valence-corrected chi connectivity index (χ1v) is 14.2. The van der Waals surface area contributed by atoms with Crippen molar-refractivity contribution in [3.63, 3.8) is 0 Å². The van der Waals surface area contributed by atoms with Crippen LogP contribution in [0.15, 0.2) is 42.6 Å². The maximum atomic E-state index is 6.54. The minimum atomic E-state index is -0.326. The summed E-state index contributed by atoms with van der Waals surface area (Å²) in [5.74, 6) is 2.30. The maximum absolute atomic E-state index is 6.54. The molecule has 3 aliphatic carbocycles. The van der Waals surface area contributed by atoms with E-state index in [4.69, 9.17) is 9.31 Å². The number of hydrogen-bond donors (Lipinski definition) is 2. The average Bonchev–Trinajstić information content (AvgIpc) is 3.64. The molecule has 2 N–H and O–H groups in total. The highest BCUT2D eigenvalue weighted by Gasteiger charge is 2.53. The molecule has 37 heavy (non-hydrogen) atoms. The smallest absolute Gasteiger partial charge is 0.399 e. The van der Waals surface area contributed by atoms with Gasteiger partial charge in [-0.1, -0.05) is 36.4 Å². The topological polar surface area (TPSA) is 59.2 Å². The SMILES string of the molecule is CC1(C)OB(c2ccc(-c3ccc(-c4cnc(C5CCCN5)[nH]4)cc3)c3c2C2CCC3CC2)OC1(C)C. The van der Waals surface area contributed by atoms with E-state index >= 15 is 0 Å². The van der Waals surface area contributed by atoms with Gasteiger partial charge in [-0.15, -0.1) is 0 Å². The zero-order valence-corrected chi connectivity index (χ0v) is 22.6. The lowest BCUT2D eigenvalue weighted by Crippen LogP contribution is -2.41. The quantitative estimate of drug-likeness (QED) is 0.422. The Bertz CT molecular complexity index is 1300. The third-order valence-corrected chi connectivity index (χ3v) is 9.86. The van der Waals surface area contributed by atoms with Crippen LogP contribution < -0.4 is 10.8 Å². The number of nitrogens with one attached hydrogen (secondary N) is 2. The molecule has 1 aromatic heterocycles. The molecule has 2 aromatic carbocycles. The van der Waals surface area contributed by atoms with Crippen molar-refractivity contribution in [1.29, 1.82) is 0 Å². The molecule has 3 heterocycles. The maximum Gasteiger partial charge on any atom is 0.495 e. The highest BCUT2D eigenvalue weighted by Crippen LogP contribution is 2.52. The molecule has 3 aromatic rings. The summed E-state index contributed by atoms with van der Waals surface area (Å²) in [5.41, 5.74) is 8.64. The summed E-state index contributed by atoms with van der Waals surface area (Å²) in [5, 5.41) is 3.53. The first-order chi connectivity index (χ1) is 17.8. The van der Waals surface area contributed by atoms with Gasteiger partial charge in [0, 0.05) is 0 Å². The first-order valence-electron chi connectivity index (χ1n) is 14.2. The second-order valence-electron chi connectivity index (χ2n) is 12.6. The summed E-state index contributed by atoms with van der Waals surface area (Å²) in [6.45, 7) is 9.67. The number of aromatic amines is 1. The Morgan fingerprint density at radius 3 is 2.11 bits per heavy atom. The number of benzene rings is 2. The van der Waals surface area contributed by atoms with E-state index in [0.29, 0.717) is 17.9 Å². The Labute approximate surface area is 220 Å². The number of aromatic nitrogens is 2. The molecule has 6 heteroatoms. The molecule has 1 saturated carbocycles. The molecular formula is C31H38BN3O2. The van der Waals surface area contributed by atoms with Crippen molar-refractivity contribution >= 4 is 12.6 Å². The number of fused-ring (bicyclic) bond motifs is 2. The Balaban J connectivity index is 1.24. The van der Waals surface area contributed by atoms with Gasteiger partial charge in [-0.3, -0.25) is 0 Å². The third-order valence-electron chi connectivity index (χ3n) is 9.86. The van der Waals surface area contributed by atoms with Crippen molar-refractivity contribution in [3.05, 3.63) is 59.5 Å². The summed E-state index contributed by atoms with van der Waals surface area (Å²) in [6.07, 6.45) is 9.50. The fourth-order valence-corrected chi connectivity index (χ4v) is 7.05. The Hall–Kier alpha value is -2.41. The molecule has 5 nitrogen and oxygen atoms in total. The molecule has 5 aliphatic rings. The molecule has 0 radical (unpaired) electrons. The monoisotopic (exact) mass is 495 g/mol. The fourth-order valence-electron chi connectivity index (χ4n) is 7.05. The zero-order chi connectivity index (χ0) is 25.4. The van der Waals surface area contributed by atoms with Gasteiger partial charge in [0.25, 0.3) is 0 Å². The zero-order valence-electron chi connectivity index (χ0n) is 22.6. The highest BCUT2D eigenvalue weighted by atomic mass is 16.7. The van der Waals surface area contributed by atoms with Crippen molar-refractivity contribution in [2.24, 2.45) is 0 Å². The molecule has 3 fully saturated rings. The molecule has 1 unspecified atom stereocenters. The Morgan fingerprint density at radius 1 is 0.811 bits per heavy atom. The van der Waals surface area contributed by atoms with Crippen molar-refractivity contribution in [3.8, 4) is 22.4 Å². The van der Waals surface area contributed by atoms with Gasteiger partial charge in [0.05, 0.1) is 29.1 Å². The first kappa shape index (κ1) is 23.7. The standard InChI is InChI=1S/C31H38BN3O2/c1-30(2)31(3,4)37-32(36-30)24-16-15-23(27-21-11-13-22(14-12-21)28(24)27)19-7-9-20(10-8-19)26-18-34-29(35-26)25-6-5-17-33-25/h7-10,15-16,18,21-22,25,33H,5-6,11-14,17H2,1-4H3,(H,34,35). The molecule has 0 spiro atoms. The van der Waals surface area contributed by atoms with Crippen molar-refractivity contribution in [1.82, 2.24) is 15.3 Å². The van der Waals surface area contributed by atoms with Crippen molar-refractivity contribution in [2.45, 2.75) is 95.3 Å². The van der Waals surface area contributed by atoms with Crippen LogP contribution in [-0.2, 0) is 9.31 Å². The van der Waals surface area contributed by atoms with Gasteiger partial charge in [-0.25, -0.2) is 4.98 Å². The number of imidazole rings is 1. The van der Waals surface area contributed by atoms with Gasteiger partial charge in [-0.05, 0) is 118 Å². The summed E-state index contributed by atoms with van der Waals surface area (Å²) in [6, 6.07) is 14.0. The van der Waals surface area contributed by atoms with Gasteiger partial charge in [0.1, 0.15) is 5.82 Å². The number of nitrogens with zero attached hydrogens (tertiary/aromatic N) is 1. The summed E-state index contributed by atoms with van der Waals surface area (Å²) in [7, 11) is -0.293. The van der Waals surface area contributed by atoms with Gasteiger partial charge in [0.2, 0.25) is 0 Å². The average molecular weight is 495 g/mol. The third kappa shape index (κ3) is 3.83. The van der Waals surface area contributed by atoms with E-state index < -0.39 is 0 Å². The lowest BCUT2D eigenvalue weighted by Gasteiger charge is -2.41. The van der Waals surface area contributed by atoms with Crippen LogP contribution >= 0.6 is 0 Å². The minimum absolute atomic E-state index is 0.293. The van der Waals surface area contributed by atoms with Crippen LogP contribution in [0.1, 0.15) is 101 Å². The van der Waals surface area contributed by atoms with Crippen molar-refractivity contribution in [2.75, 3.05) is 6.54 Å². The second kappa shape index (κ2) is 8.55. The lowest BCUT2D eigenvalue weighted by atomic mass is 9.59. The molecule has 2 aliphatic heterocycles. The van der Waals surface area contributed by atoms with E-state index in [9.17, 15) is 0 Å². The van der Waals surface area contributed by atoms with Crippen LogP contribution in [0.25, 0.3) is 22.4 Å². The molecule has 2 saturated heterocycles. The fraction of sp³-hybridized carbons (Fsp3) is 0.516. The van der Waals surface area contributed by atoms with Crippen LogP contribution in [0.4, 0.5) is 0 Å². The van der Waals surface area contributed by atoms with Crippen molar-refractivity contribution < 1.29 is 9.31 Å². The Kier molecular flexibility index (Phi) is 5.48. The van der Waals surface area contributed by atoms with E-state index in [1.54, 1.807) is 5.56 Å². The summed E-state index contributed by atoms with van der Waals surface area (Å²) >= 11 is 0. The summed E-state index contributed by atoms with van der Waals surface area (Å²) < 4.78 is 13.1. The molecule has 1 atom stereocenters. The number of H-pyrrole nitrogens is 1. The van der Waals surface area contributed by atoms with Crippen LogP contribution in [0.2, 0.25) is 0 Å². The minimum Gasteiger partial charge on any atom is -0.399 e. The van der Waals surface area contributed by atoms with E-state index in [2.05, 4.69) is 79.4 Å². The van der Waals surface area contributed by atoms with E-state index in [0.717, 1.165) is 24.5 Å². The van der Waals surface area contributed by atoms with Crippen LogP contribution in [0.3, 0.4) is 0 Å². The van der Waals surface area contributed by atoms with E-state index in [1.165, 1.54) is 59.8 Å². The highest BCUT2D eigenvalue weighted by molar-refractivity contribution is 6.62. The second-order valence-corrected chi connectivity index (χ2v) is 12.6. The normalized spacial score (nSPS) is 27.6. The molecule has 8 rings (SSSR count). The van der Waals surface area contributed by atoms with Crippen LogP contribution in [0, 0.1) is 0 Å². The van der Waals surface area contributed by atoms with E-state index in [-0.39, 0.29) is 18.3 Å². The van der Waals surface area contributed by atoms with Crippen LogP contribution in [-0.4, -0.2) is 34.8 Å². The van der Waals surface area contributed by atoms with Gasteiger partial charge in [-0.2, -0.15) is 0 Å². The lowest BCUT2D eigenvalue weighted by molar-refractivity contribution is 0.00578. The number of hydrogen-bond acceptors (Lipinski definition) is 4. The number of rotatable bonds is 4. The molecule has 0 amide bonds. The molecule has 2 bridgehead atoms. The van der Waals surface area contributed by atoms with Crippen LogP contribution in [0.5, 0.6) is 0 Å². The summed E-state index contributed by atoms with van der Waals surface area (Å²) in [4.78, 5) is 8.22. The largest absolute Gasteiger partial charge is 0.495 e. The predicted molar refractivity (Wildman–Crippen MR) is 149 cm³/mol. The van der Waals surface area contributed by atoms with E-state index in [1.807, 2.05) is 6.20 Å².